The van der Waals surface area contributed by atoms with Gasteiger partial charge in [-0.1, -0.05) is 0 Å². The Morgan fingerprint density at radius 3 is 3.31 bits per heavy atom. The van der Waals surface area contributed by atoms with Gasteiger partial charge >= 0.3 is 6.09 Å². The highest BCUT2D eigenvalue weighted by Crippen LogP contribution is 2.11. The molecule has 0 unspecified atom stereocenters. The minimum Gasteiger partial charge on any atom is -0.443 e. The Labute approximate surface area is 95.8 Å². The molecule has 0 saturated carbocycles. The summed E-state index contributed by atoms with van der Waals surface area (Å²) in [6.45, 7) is 0.293. The number of aromatic nitrogens is 2. The van der Waals surface area contributed by atoms with Gasteiger partial charge in [-0.25, -0.2) is 9.78 Å². The Hall–Kier alpha value is -1.60. The minimum atomic E-state index is -0.516. The molecule has 0 atom stereocenters. The molecule has 2 rings (SSSR count). The second-order valence-electron chi connectivity index (χ2n) is 3.01. The van der Waals surface area contributed by atoms with Crippen molar-refractivity contribution in [3.8, 4) is 0 Å². The average molecular weight is 241 g/mol. The molecule has 7 heteroatoms. The van der Waals surface area contributed by atoms with Gasteiger partial charge in [-0.15, -0.1) is 11.3 Å². The van der Waals surface area contributed by atoms with Gasteiger partial charge in [0.2, 0.25) is 0 Å². The molecule has 0 fully saturated rings. The lowest BCUT2D eigenvalue weighted by molar-refractivity contribution is 0.114. The lowest BCUT2D eigenvalue weighted by atomic mass is 10.5. The number of nitrogens with one attached hydrogen (secondary N) is 1. The van der Waals surface area contributed by atoms with Gasteiger partial charge in [0.15, 0.2) is 4.96 Å². The Kier molecular flexibility index (Phi) is 3.37. The van der Waals surface area contributed by atoms with Crippen molar-refractivity contribution in [3.63, 3.8) is 0 Å². The number of hydrogen-bond acceptors (Lipinski definition) is 5. The van der Waals surface area contributed by atoms with Crippen LogP contribution in [0.15, 0.2) is 17.8 Å². The molecule has 2 aromatic rings. The van der Waals surface area contributed by atoms with E-state index in [1.807, 2.05) is 22.2 Å². The zero-order valence-corrected chi connectivity index (χ0v) is 9.49. The number of carbonyl (C=O) groups excluding carboxylic acids is 1. The lowest BCUT2D eigenvalue weighted by Gasteiger charge is -2.03. The molecule has 2 heterocycles. The van der Waals surface area contributed by atoms with Crippen LogP contribution in [-0.4, -0.2) is 29.3 Å². The summed E-state index contributed by atoms with van der Waals surface area (Å²) in [5.74, 6) is 0. The molecular formula is C9H11N3O3S. The van der Waals surface area contributed by atoms with Crippen molar-refractivity contribution in [1.82, 2.24) is 14.7 Å². The maximum Gasteiger partial charge on any atom is 0.409 e. The molecule has 1 amide bonds. The average Bonchev–Trinajstić information content (AvgIpc) is 2.83. The standard InChI is InChI=1S/C9H11N3O3S/c1-14-6-10-9(13)15-5-7-4-12-2-3-16-8(12)11-7/h2-4H,5-6H2,1H3,(H,10,13). The van der Waals surface area contributed by atoms with E-state index < -0.39 is 6.09 Å². The van der Waals surface area contributed by atoms with Crippen LogP contribution in [-0.2, 0) is 16.1 Å². The molecule has 0 aliphatic heterocycles. The van der Waals surface area contributed by atoms with Crippen LogP contribution in [0.1, 0.15) is 5.69 Å². The van der Waals surface area contributed by atoms with Crippen LogP contribution in [0.5, 0.6) is 0 Å². The zero-order chi connectivity index (χ0) is 11.4. The van der Waals surface area contributed by atoms with Gasteiger partial charge in [0.05, 0.1) is 5.69 Å². The highest BCUT2D eigenvalue weighted by atomic mass is 32.1. The molecule has 86 valence electrons. The first-order valence-electron chi connectivity index (χ1n) is 4.60. The topological polar surface area (TPSA) is 64.9 Å². The summed E-state index contributed by atoms with van der Waals surface area (Å²) in [6, 6.07) is 0. The number of carbonyl (C=O) groups is 1. The third kappa shape index (κ3) is 2.50. The van der Waals surface area contributed by atoms with Gasteiger partial charge in [-0.05, 0) is 0 Å². The first kappa shape index (κ1) is 10.9. The molecular weight excluding hydrogens is 230 g/mol. The van der Waals surface area contributed by atoms with E-state index in [-0.39, 0.29) is 13.3 Å². The fraction of sp³-hybridized carbons (Fsp3) is 0.333. The summed E-state index contributed by atoms with van der Waals surface area (Å²) in [5, 5.41) is 4.36. The van der Waals surface area contributed by atoms with Crippen molar-refractivity contribution in [2.45, 2.75) is 6.61 Å². The van der Waals surface area contributed by atoms with E-state index in [1.165, 1.54) is 18.4 Å². The predicted octanol–water partition coefficient (Wildman–Crippen LogP) is 1.23. The lowest BCUT2D eigenvalue weighted by Crippen LogP contribution is -2.26. The van der Waals surface area contributed by atoms with Crippen molar-refractivity contribution >= 4 is 22.4 Å². The first-order chi connectivity index (χ1) is 7.79. The number of methoxy groups -OCH3 is 1. The Balaban J connectivity index is 1.86. The largest absolute Gasteiger partial charge is 0.443 e. The zero-order valence-electron chi connectivity index (χ0n) is 8.67. The third-order valence-corrected chi connectivity index (χ3v) is 2.63. The number of fused-ring (bicyclic) bond motifs is 1. The number of amides is 1. The Morgan fingerprint density at radius 2 is 2.56 bits per heavy atom. The molecule has 0 aliphatic rings. The van der Waals surface area contributed by atoms with Crippen molar-refractivity contribution in [2.24, 2.45) is 0 Å². The van der Waals surface area contributed by atoms with Gasteiger partial charge in [0.1, 0.15) is 13.3 Å². The van der Waals surface area contributed by atoms with Crippen molar-refractivity contribution in [3.05, 3.63) is 23.5 Å². The van der Waals surface area contributed by atoms with E-state index in [2.05, 4.69) is 15.0 Å². The van der Waals surface area contributed by atoms with E-state index in [9.17, 15) is 4.79 Å². The van der Waals surface area contributed by atoms with E-state index in [4.69, 9.17) is 4.74 Å². The maximum absolute atomic E-state index is 11.1. The van der Waals surface area contributed by atoms with E-state index in [0.29, 0.717) is 0 Å². The van der Waals surface area contributed by atoms with Crippen molar-refractivity contribution < 1.29 is 14.3 Å². The molecule has 1 N–H and O–H groups in total. The smallest absolute Gasteiger partial charge is 0.409 e. The quantitative estimate of drug-likeness (QED) is 0.817. The number of alkyl carbamates (subject to hydrolysis) is 1. The van der Waals surface area contributed by atoms with Crippen LogP contribution in [0, 0.1) is 0 Å². The van der Waals surface area contributed by atoms with Gasteiger partial charge < -0.3 is 9.47 Å². The van der Waals surface area contributed by atoms with Crippen LogP contribution in [0.25, 0.3) is 4.96 Å². The van der Waals surface area contributed by atoms with Gasteiger partial charge in [-0.2, -0.15) is 0 Å². The molecule has 0 spiro atoms. The summed E-state index contributed by atoms with van der Waals surface area (Å²) < 4.78 is 11.5. The molecule has 16 heavy (non-hydrogen) atoms. The normalized spacial score (nSPS) is 10.6. The highest BCUT2D eigenvalue weighted by Gasteiger charge is 2.05. The monoisotopic (exact) mass is 241 g/mol. The minimum absolute atomic E-state index is 0.136. The Bertz CT molecular complexity index is 451. The van der Waals surface area contributed by atoms with E-state index >= 15 is 0 Å². The fourth-order valence-electron chi connectivity index (χ4n) is 1.17. The molecule has 0 aromatic carbocycles. The number of hydrogen-bond donors (Lipinski definition) is 1. The Morgan fingerprint density at radius 1 is 1.69 bits per heavy atom. The maximum atomic E-state index is 11.1. The second kappa shape index (κ2) is 4.95. The van der Waals surface area contributed by atoms with Crippen molar-refractivity contribution in [1.29, 1.82) is 0 Å². The van der Waals surface area contributed by atoms with Crippen molar-refractivity contribution in [2.75, 3.05) is 13.8 Å². The number of imidazole rings is 1. The third-order valence-electron chi connectivity index (χ3n) is 1.86. The van der Waals surface area contributed by atoms with Crippen LogP contribution in [0.3, 0.4) is 0 Å². The van der Waals surface area contributed by atoms with Crippen LogP contribution < -0.4 is 5.32 Å². The fourth-order valence-corrected chi connectivity index (χ4v) is 1.89. The van der Waals surface area contributed by atoms with Crippen LogP contribution >= 0.6 is 11.3 Å². The molecule has 0 aliphatic carbocycles. The number of rotatable bonds is 4. The summed E-state index contributed by atoms with van der Waals surface area (Å²) in [4.78, 5) is 16.2. The van der Waals surface area contributed by atoms with Gasteiger partial charge in [-0.3, -0.25) is 9.72 Å². The number of ether oxygens (including phenoxy) is 2. The summed E-state index contributed by atoms with van der Waals surface area (Å²) in [6.07, 6.45) is 3.22. The molecule has 6 nitrogen and oxygen atoms in total. The summed E-state index contributed by atoms with van der Waals surface area (Å²) >= 11 is 1.53. The van der Waals surface area contributed by atoms with Gasteiger partial charge in [0, 0.05) is 24.9 Å². The predicted molar refractivity (Wildman–Crippen MR) is 58.3 cm³/mol. The molecule has 0 bridgehead atoms. The SMILES string of the molecule is COCNC(=O)OCc1cn2ccsc2n1. The van der Waals surface area contributed by atoms with E-state index in [1.54, 1.807) is 0 Å². The number of thiazole rings is 1. The first-order valence-corrected chi connectivity index (χ1v) is 5.48. The number of nitrogens with zero attached hydrogens (tertiary/aromatic N) is 2. The molecule has 2 aromatic heterocycles. The second-order valence-corrected chi connectivity index (χ2v) is 3.88. The van der Waals surface area contributed by atoms with Gasteiger partial charge in [0.25, 0.3) is 0 Å². The molecule has 0 saturated heterocycles. The van der Waals surface area contributed by atoms with Crippen LogP contribution in [0.4, 0.5) is 4.79 Å². The molecule has 0 radical (unpaired) electrons. The highest BCUT2D eigenvalue weighted by molar-refractivity contribution is 7.15. The summed E-state index contributed by atoms with van der Waals surface area (Å²) in [5.41, 5.74) is 0.722. The summed E-state index contributed by atoms with van der Waals surface area (Å²) in [7, 11) is 1.49. The van der Waals surface area contributed by atoms with E-state index in [0.717, 1.165) is 10.7 Å². The van der Waals surface area contributed by atoms with Crippen LogP contribution in [0.2, 0.25) is 0 Å².